The lowest BCUT2D eigenvalue weighted by molar-refractivity contribution is -0.140. The topological polar surface area (TPSA) is 59.3 Å². The second-order valence-corrected chi connectivity index (χ2v) is 5.85. The van der Waals surface area contributed by atoms with Gasteiger partial charge in [0.05, 0.1) is 17.3 Å². The van der Waals surface area contributed by atoms with Crippen molar-refractivity contribution in [3.63, 3.8) is 0 Å². The molecule has 0 fully saturated rings. The van der Waals surface area contributed by atoms with Gasteiger partial charge in [-0.15, -0.1) is 0 Å². The summed E-state index contributed by atoms with van der Waals surface area (Å²) in [6.45, 7) is 7.77. The number of aromatic nitrogens is 2. The molecule has 1 aromatic carbocycles. The number of aliphatic imine (C=N–C) groups is 1. The van der Waals surface area contributed by atoms with Crippen LogP contribution in [0.15, 0.2) is 23.2 Å². The number of amides is 1. The van der Waals surface area contributed by atoms with Gasteiger partial charge in [-0.3, -0.25) is 4.79 Å². The standard InChI is InChI=1S/C17H17F5N4O.C2H6/c1-9-15(7-18)25-26(16(9)24-11(3)23-8-27)10(2)12-4-5-13(14(19)6-12)17(20,21)22;1-2/h4-6,8,10H,7H2,1-3H3,(H,23,24,27);1-2H3. The molecule has 0 saturated carbocycles. The summed E-state index contributed by atoms with van der Waals surface area (Å²) < 4.78 is 66.6. The smallest absolute Gasteiger partial charge is 0.317 e. The predicted octanol–water partition coefficient (Wildman–Crippen LogP) is 5.25. The lowest BCUT2D eigenvalue weighted by Gasteiger charge is -2.17. The highest BCUT2D eigenvalue weighted by atomic mass is 19.4. The Bertz CT molecular complexity index is 874. The molecule has 0 radical (unpaired) electrons. The molecule has 10 heteroatoms. The van der Waals surface area contributed by atoms with E-state index in [-0.39, 0.29) is 22.9 Å². The van der Waals surface area contributed by atoms with E-state index in [9.17, 15) is 26.7 Å². The number of carbonyl (C=O) groups excluding carboxylic acids is 1. The van der Waals surface area contributed by atoms with Crippen LogP contribution in [0.3, 0.4) is 0 Å². The zero-order chi connectivity index (χ0) is 22.4. The number of nitrogens with zero attached hydrogens (tertiary/aromatic N) is 3. The number of halogens is 5. The van der Waals surface area contributed by atoms with Gasteiger partial charge in [-0.25, -0.2) is 18.5 Å². The Labute approximate surface area is 165 Å². The Hall–Kier alpha value is -2.78. The number of rotatable bonds is 5. The maximum Gasteiger partial charge on any atom is 0.419 e. The quantitative estimate of drug-likeness (QED) is 0.312. The minimum atomic E-state index is -4.80. The Kier molecular flexibility index (Phi) is 8.47. The molecule has 5 nitrogen and oxygen atoms in total. The van der Waals surface area contributed by atoms with E-state index in [1.54, 1.807) is 13.8 Å². The maximum absolute atomic E-state index is 13.9. The molecule has 29 heavy (non-hydrogen) atoms. The number of amidine groups is 1. The first-order valence-corrected chi connectivity index (χ1v) is 8.86. The molecule has 1 heterocycles. The van der Waals surface area contributed by atoms with E-state index >= 15 is 0 Å². The minimum absolute atomic E-state index is 0.0897. The number of hydrogen-bond acceptors (Lipinski definition) is 3. The van der Waals surface area contributed by atoms with Crippen molar-refractivity contribution in [2.24, 2.45) is 4.99 Å². The third kappa shape index (κ3) is 5.61. The van der Waals surface area contributed by atoms with Crippen LogP contribution in [0.2, 0.25) is 0 Å². The highest BCUT2D eigenvalue weighted by Crippen LogP contribution is 2.34. The Morgan fingerprint density at radius 2 is 1.97 bits per heavy atom. The van der Waals surface area contributed by atoms with Crippen LogP contribution in [0.5, 0.6) is 0 Å². The van der Waals surface area contributed by atoms with Crippen molar-refractivity contribution in [1.82, 2.24) is 15.1 Å². The van der Waals surface area contributed by atoms with Crippen LogP contribution in [-0.4, -0.2) is 22.0 Å². The van der Waals surface area contributed by atoms with Crippen LogP contribution < -0.4 is 5.32 Å². The van der Waals surface area contributed by atoms with Crippen LogP contribution in [0.1, 0.15) is 56.1 Å². The van der Waals surface area contributed by atoms with E-state index in [4.69, 9.17) is 0 Å². The van der Waals surface area contributed by atoms with Crippen molar-refractivity contribution in [2.75, 3.05) is 0 Å². The predicted molar refractivity (Wildman–Crippen MR) is 100 cm³/mol. The van der Waals surface area contributed by atoms with E-state index in [0.29, 0.717) is 18.0 Å². The highest BCUT2D eigenvalue weighted by molar-refractivity contribution is 5.90. The van der Waals surface area contributed by atoms with Crippen molar-refractivity contribution >= 4 is 18.1 Å². The molecule has 0 aliphatic rings. The fraction of sp³-hybridized carbons (Fsp3) is 0.421. The normalized spacial score (nSPS) is 12.8. The van der Waals surface area contributed by atoms with Crippen LogP contribution in [0.4, 0.5) is 27.8 Å². The third-order valence-electron chi connectivity index (χ3n) is 4.03. The van der Waals surface area contributed by atoms with Gasteiger partial charge in [0.15, 0.2) is 5.82 Å². The summed E-state index contributed by atoms with van der Waals surface area (Å²) >= 11 is 0. The van der Waals surface area contributed by atoms with Crippen molar-refractivity contribution < 1.29 is 26.7 Å². The van der Waals surface area contributed by atoms with Gasteiger partial charge in [-0.1, -0.05) is 19.9 Å². The van der Waals surface area contributed by atoms with Crippen molar-refractivity contribution in [3.8, 4) is 0 Å². The molecule has 2 aromatic rings. The lowest BCUT2D eigenvalue weighted by atomic mass is 10.1. The third-order valence-corrected chi connectivity index (χ3v) is 4.03. The van der Waals surface area contributed by atoms with Gasteiger partial charge in [0, 0.05) is 5.56 Å². The number of alkyl halides is 4. The van der Waals surface area contributed by atoms with E-state index in [2.05, 4.69) is 15.4 Å². The summed E-state index contributed by atoms with van der Waals surface area (Å²) in [5.74, 6) is -0.988. The molecule has 2 rings (SSSR count). The zero-order valence-electron chi connectivity index (χ0n) is 16.7. The first kappa shape index (κ1) is 24.3. The SMILES string of the molecule is C/C(=N/c1c(C)c(CF)nn1C(C)c1ccc(C(F)(F)F)c(F)c1)NC=O.CC. The lowest BCUT2D eigenvalue weighted by Crippen LogP contribution is -2.18. The second kappa shape index (κ2) is 10.1. The molecule has 1 unspecified atom stereocenters. The summed E-state index contributed by atoms with van der Waals surface area (Å²) in [5.41, 5.74) is -0.676. The van der Waals surface area contributed by atoms with E-state index in [1.807, 2.05) is 13.8 Å². The maximum atomic E-state index is 13.9. The molecular formula is C19H23F5N4O. The molecule has 0 aliphatic carbocycles. The number of hydrogen-bond donors (Lipinski definition) is 1. The van der Waals surface area contributed by atoms with E-state index < -0.39 is 30.3 Å². The van der Waals surface area contributed by atoms with Gasteiger partial charge in [0.2, 0.25) is 6.41 Å². The van der Waals surface area contributed by atoms with Gasteiger partial charge < -0.3 is 5.32 Å². The molecule has 1 aromatic heterocycles. The summed E-state index contributed by atoms with van der Waals surface area (Å²) in [6.07, 6.45) is -4.39. The van der Waals surface area contributed by atoms with Gasteiger partial charge in [-0.05, 0) is 38.5 Å². The highest BCUT2D eigenvalue weighted by Gasteiger charge is 2.34. The molecular weight excluding hydrogens is 395 g/mol. The van der Waals surface area contributed by atoms with E-state index in [1.165, 1.54) is 11.6 Å². The van der Waals surface area contributed by atoms with Gasteiger partial charge in [0.25, 0.3) is 0 Å². The average molecular weight is 418 g/mol. The Balaban J connectivity index is 0.00000204. The van der Waals surface area contributed by atoms with E-state index in [0.717, 1.165) is 12.1 Å². The van der Waals surface area contributed by atoms with Gasteiger partial charge in [-0.2, -0.15) is 18.3 Å². The fourth-order valence-corrected chi connectivity index (χ4v) is 2.52. The summed E-state index contributed by atoms with van der Waals surface area (Å²) in [5, 5.41) is 6.43. The van der Waals surface area contributed by atoms with Crippen LogP contribution in [0.25, 0.3) is 0 Å². The van der Waals surface area contributed by atoms with Gasteiger partial charge >= 0.3 is 6.18 Å². The Morgan fingerprint density at radius 3 is 2.45 bits per heavy atom. The molecule has 0 aliphatic heterocycles. The van der Waals surface area contributed by atoms with Crippen LogP contribution >= 0.6 is 0 Å². The molecule has 160 valence electrons. The van der Waals surface area contributed by atoms with Gasteiger partial charge in [0.1, 0.15) is 18.3 Å². The number of nitrogens with one attached hydrogen (secondary N) is 1. The molecule has 0 saturated heterocycles. The van der Waals surface area contributed by atoms with Crippen molar-refractivity contribution in [2.45, 2.75) is 53.5 Å². The molecule has 1 amide bonds. The fourth-order valence-electron chi connectivity index (χ4n) is 2.52. The van der Waals surface area contributed by atoms with Crippen molar-refractivity contribution in [1.29, 1.82) is 0 Å². The minimum Gasteiger partial charge on any atom is -0.317 e. The molecule has 1 atom stereocenters. The van der Waals surface area contributed by atoms with Crippen molar-refractivity contribution in [3.05, 3.63) is 46.4 Å². The largest absolute Gasteiger partial charge is 0.419 e. The first-order chi connectivity index (χ1) is 13.6. The average Bonchev–Trinajstić information content (AvgIpc) is 2.97. The molecule has 0 spiro atoms. The summed E-state index contributed by atoms with van der Waals surface area (Å²) in [6, 6.07) is 1.81. The molecule has 0 bridgehead atoms. The second-order valence-electron chi connectivity index (χ2n) is 5.85. The zero-order valence-corrected chi connectivity index (χ0v) is 16.7. The summed E-state index contributed by atoms with van der Waals surface area (Å²) in [7, 11) is 0. The van der Waals surface area contributed by atoms with Crippen LogP contribution in [0, 0.1) is 12.7 Å². The summed E-state index contributed by atoms with van der Waals surface area (Å²) in [4.78, 5) is 14.7. The Morgan fingerprint density at radius 1 is 1.34 bits per heavy atom. The van der Waals surface area contributed by atoms with Crippen LogP contribution in [-0.2, 0) is 17.6 Å². The number of carbonyl (C=O) groups is 1. The first-order valence-electron chi connectivity index (χ1n) is 8.86. The molecule has 1 N–H and O–H groups in total. The monoisotopic (exact) mass is 418 g/mol. The number of benzene rings is 1.